The lowest BCUT2D eigenvalue weighted by molar-refractivity contribution is 0.0875. The predicted molar refractivity (Wildman–Crippen MR) is 157 cm³/mol. The summed E-state index contributed by atoms with van der Waals surface area (Å²) in [7, 11) is -3.39. The Morgan fingerprint density at radius 3 is 1.66 bits per heavy atom. The zero-order valence-corrected chi connectivity index (χ0v) is 23.2. The van der Waals surface area contributed by atoms with Crippen molar-refractivity contribution in [2.24, 2.45) is 0 Å². The van der Waals surface area contributed by atoms with Crippen LogP contribution < -0.4 is 0 Å². The third kappa shape index (κ3) is 5.89. The first kappa shape index (κ1) is 26.7. The SMILES string of the molecule is CS(=O)(=O)N1CC(SC(c2ccccc2)(c2ccccc2)c2ccccc2)CC1COCc1ccccc1. The zero-order chi connectivity index (χ0) is 26.4. The highest BCUT2D eigenvalue weighted by atomic mass is 32.2. The standard InChI is InChI=1S/C32H33NO3S2/c1-38(34,35)33-23-31(22-30(33)25-36-24-26-14-6-2-7-15-26)37-32(27-16-8-3-9-17-27,28-18-10-4-11-19-28)29-20-12-5-13-21-29/h2-21,30-31H,22-25H2,1H3. The van der Waals surface area contributed by atoms with Gasteiger partial charge in [0.25, 0.3) is 0 Å². The van der Waals surface area contributed by atoms with E-state index in [4.69, 9.17) is 4.74 Å². The molecule has 0 saturated carbocycles. The summed E-state index contributed by atoms with van der Waals surface area (Å²) >= 11 is 1.85. The van der Waals surface area contributed by atoms with Gasteiger partial charge in [0.15, 0.2) is 0 Å². The van der Waals surface area contributed by atoms with Gasteiger partial charge >= 0.3 is 0 Å². The van der Waals surface area contributed by atoms with Crippen LogP contribution in [-0.4, -0.2) is 43.4 Å². The van der Waals surface area contributed by atoms with Gasteiger partial charge in [0.05, 0.1) is 24.2 Å². The molecule has 1 heterocycles. The highest BCUT2D eigenvalue weighted by Crippen LogP contribution is 2.52. The number of ether oxygens (including phenoxy) is 1. The summed E-state index contributed by atoms with van der Waals surface area (Å²) in [6.07, 6.45) is 2.03. The molecule has 0 aliphatic carbocycles. The third-order valence-corrected chi connectivity index (χ3v) is 10.1. The third-order valence-electron chi connectivity index (χ3n) is 7.06. The number of benzene rings is 4. The lowest BCUT2D eigenvalue weighted by Gasteiger charge is -2.37. The topological polar surface area (TPSA) is 46.6 Å². The van der Waals surface area contributed by atoms with Crippen LogP contribution in [0.2, 0.25) is 0 Å². The lowest BCUT2D eigenvalue weighted by atomic mass is 9.84. The second-order valence-electron chi connectivity index (χ2n) is 9.74. The van der Waals surface area contributed by atoms with Crippen LogP contribution in [0.5, 0.6) is 0 Å². The minimum atomic E-state index is -3.39. The van der Waals surface area contributed by atoms with Gasteiger partial charge < -0.3 is 4.74 Å². The van der Waals surface area contributed by atoms with Crippen LogP contribution in [0.25, 0.3) is 0 Å². The van der Waals surface area contributed by atoms with E-state index < -0.39 is 14.8 Å². The number of sulfonamides is 1. The molecule has 1 saturated heterocycles. The monoisotopic (exact) mass is 543 g/mol. The van der Waals surface area contributed by atoms with Gasteiger partial charge in [-0.15, -0.1) is 11.8 Å². The minimum Gasteiger partial charge on any atom is -0.375 e. The van der Waals surface area contributed by atoms with Crippen molar-refractivity contribution in [1.82, 2.24) is 4.31 Å². The van der Waals surface area contributed by atoms with Crippen molar-refractivity contribution in [1.29, 1.82) is 0 Å². The number of nitrogens with zero attached hydrogens (tertiary/aromatic N) is 1. The summed E-state index contributed by atoms with van der Waals surface area (Å²) in [5.74, 6) is 0. The van der Waals surface area contributed by atoms with E-state index in [1.54, 1.807) is 4.31 Å². The molecular weight excluding hydrogens is 510 g/mol. The fourth-order valence-electron chi connectivity index (χ4n) is 5.35. The first-order chi connectivity index (χ1) is 18.5. The molecule has 0 amide bonds. The highest BCUT2D eigenvalue weighted by molar-refractivity contribution is 8.01. The van der Waals surface area contributed by atoms with Gasteiger partial charge in [-0.3, -0.25) is 0 Å². The van der Waals surface area contributed by atoms with E-state index in [0.29, 0.717) is 19.8 Å². The largest absolute Gasteiger partial charge is 0.375 e. The van der Waals surface area contributed by atoms with E-state index in [2.05, 4.69) is 72.8 Å². The van der Waals surface area contributed by atoms with Gasteiger partial charge in [-0.2, -0.15) is 4.31 Å². The maximum absolute atomic E-state index is 12.9. The van der Waals surface area contributed by atoms with Gasteiger partial charge in [0.2, 0.25) is 10.0 Å². The van der Waals surface area contributed by atoms with Gasteiger partial charge in [0.1, 0.15) is 0 Å². The molecule has 6 heteroatoms. The highest BCUT2D eigenvalue weighted by Gasteiger charge is 2.45. The smallest absolute Gasteiger partial charge is 0.211 e. The van der Waals surface area contributed by atoms with Gasteiger partial charge in [-0.25, -0.2) is 8.42 Å². The second kappa shape index (κ2) is 11.9. The molecule has 0 spiro atoms. The lowest BCUT2D eigenvalue weighted by Crippen LogP contribution is -2.37. The van der Waals surface area contributed by atoms with Gasteiger partial charge in [0, 0.05) is 17.8 Å². The van der Waals surface area contributed by atoms with Crippen molar-refractivity contribution in [3.05, 3.63) is 144 Å². The average molecular weight is 544 g/mol. The Labute approximate surface area is 230 Å². The van der Waals surface area contributed by atoms with Crippen molar-refractivity contribution in [2.75, 3.05) is 19.4 Å². The van der Waals surface area contributed by atoms with Crippen LogP contribution in [0, 0.1) is 0 Å². The fraction of sp³-hybridized carbons (Fsp3) is 0.250. The second-order valence-corrected chi connectivity index (χ2v) is 13.2. The maximum Gasteiger partial charge on any atom is 0.211 e. The average Bonchev–Trinajstić information content (AvgIpc) is 3.37. The van der Waals surface area contributed by atoms with E-state index in [0.717, 1.165) is 12.0 Å². The summed E-state index contributed by atoms with van der Waals surface area (Å²) in [6.45, 7) is 1.29. The quantitative estimate of drug-likeness (QED) is 0.219. The minimum absolute atomic E-state index is 0.0793. The first-order valence-electron chi connectivity index (χ1n) is 12.9. The molecule has 2 atom stereocenters. The summed E-state index contributed by atoms with van der Waals surface area (Å²) in [4.78, 5) is 0. The van der Waals surface area contributed by atoms with E-state index >= 15 is 0 Å². The molecule has 1 fully saturated rings. The molecule has 4 nitrogen and oxygen atoms in total. The van der Waals surface area contributed by atoms with E-state index in [1.165, 1.54) is 22.9 Å². The molecule has 1 aliphatic rings. The van der Waals surface area contributed by atoms with Crippen LogP contribution in [0.3, 0.4) is 0 Å². The number of hydrogen-bond donors (Lipinski definition) is 0. The van der Waals surface area contributed by atoms with E-state index in [1.807, 2.05) is 60.3 Å². The Morgan fingerprint density at radius 2 is 1.21 bits per heavy atom. The van der Waals surface area contributed by atoms with Crippen LogP contribution in [0.1, 0.15) is 28.7 Å². The molecular formula is C32H33NO3S2. The van der Waals surface area contributed by atoms with E-state index in [-0.39, 0.29) is 11.3 Å². The number of thioether (sulfide) groups is 1. The predicted octanol–water partition coefficient (Wildman–Crippen LogP) is 6.33. The van der Waals surface area contributed by atoms with Crippen molar-refractivity contribution < 1.29 is 13.2 Å². The maximum atomic E-state index is 12.9. The molecule has 4 aromatic rings. The summed E-state index contributed by atoms with van der Waals surface area (Å²) < 4.78 is 32.9. The molecule has 0 N–H and O–H groups in total. The van der Waals surface area contributed by atoms with Crippen LogP contribution in [0.4, 0.5) is 0 Å². The molecule has 196 valence electrons. The molecule has 0 radical (unpaired) electrons. The molecule has 1 aliphatic heterocycles. The van der Waals surface area contributed by atoms with Crippen LogP contribution in [0.15, 0.2) is 121 Å². The molecule has 38 heavy (non-hydrogen) atoms. The number of rotatable bonds is 10. The van der Waals surface area contributed by atoms with Crippen LogP contribution >= 0.6 is 11.8 Å². The Morgan fingerprint density at radius 1 is 0.763 bits per heavy atom. The van der Waals surface area contributed by atoms with Gasteiger partial charge in [-0.05, 0) is 28.7 Å². The van der Waals surface area contributed by atoms with Gasteiger partial charge in [-0.1, -0.05) is 121 Å². The number of hydrogen-bond acceptors (Lipinski definition) is 4. The van der Waals surface area contributed by atoms with Crippen molar-refractivity contribution in [3.63, 3.8) is 0 Å². The fourth-order valence-corrected chi connectivity index (χ4v) is 8.45. The van der Waals surface area contributed by atoms with Crippen molar-refractivity contribution in [2.45, 2.75) is 29.1 Å². The summed E-state index contributed by atoms with van der Waals surface area (Å²) in [5.41, 5.74) is 4.62. The summed E-state index contributed by atoms with van der Waals surface area (Å²) in [6, 6.07) is 41.4. The van der Waals surface area contributed by atoms with Crippen molar-refractivity contribution in [3.8, 4) is 0 Å². The molecule has 0 bridgehead atoms. The molecule has 5 rings (SSSR count). The van der Waals surface area contributed by atoms with Crippen LogP contribution in [-0.2, 0) is 26.1 Å². The molecule has 0 aromatic heterocycles. The van der Waals surface area contributed by atoms with Crippen molar-refractivity contribution >= 4 is 21.8 Å². The Hall–Kier alpha value is -2.90. The Kier molecular flexibility index (Phi) is 8.34. The zero-order valence-electron chi connectivity index (χ0n) is 21.5. The van der Waals surface area contributed by atoms with E-state index in [9.17, 15) is 8.42 Å². The summed E-state index contributed by atoms with van der Waals surface area (Å²) in [5, 5.41) is 0.0793. The normalized spacial score (nSPS) is 18.4. The Bertz CT molecular complexity index is 1300. The molecule has 2 unspecified atom stereocenters. The first-order valence-corrected chi connectivity index (χ1v) is 15.6. The molecule has 4 aromatic carbocycles. The Balaban J connectivity index is 1.48.